The first-order valence-corrected chi connectivity index (χ1v) is 3.84. The molecule has 0 amide bonds. The van der Waals surface area contributed by atoms with Crippen LogP contribution in [0.25, 0.3) is 0 Å². The van der Waals surface area contributed by atoms with Gasteiger partial charge < -0.3 is 14.9 Å². The molecule has 0 radical (unpaired) electrons. The predicted molar refractivity (Wildman–Crippen MR) is 41.2 cm³/mol. The van der Waals surface area contributed by atoms with Crippen LogP contribution < -0.4 is 0 Å². The van der Waals surface area contributed by atoms with Crippen molar-refractivity contribution < 1.29 is 9.66 Å². The van der Waals surface area contributed by atoms with E-state index in [2.05, 4.69) is 10.1 Å². The first kappa shape index (κ1) is 8.11. The number of nitrogens with zero attached hydrogens (tertiary/aromatic N) is 4. The highest BCUT2D eigenvalue weighted by Crippen LogP contribution is 2.13. The molecule has 0 aliphatic carbocycles. The van der Waals surface area contributed by atoms with Crippen LogP contribution >= 0.6 is 0 Å². The molecule has 7 heteroatoms. The minimum atomic E-state index is -0.600. The summed E-state index contributed by atoms with van der Waals surface area (Å²) in [5.74, 6) is 0.195. The lowest BCUT2D eigenvalue weighted by Crippen LogP contribution is -2.07. The van der Waals surface area contributed by atoms with Crippen molar-refractivity contribution >= 4 is 5.95 Å². The van der Waals surface area contributed by atoms with Crippen LogP contribution in [-0.4, -0.2) is 32.4 Å². The van der Waals surface area contributed by atoms with Gasteiger partial charge in [-0.25, -0.2) is 0 Å². The van der Waals surface area contributed by atoms with Crippen LogP contribution in [0.3, 0.4) is 0 Å². The molecular formula is C6H8N4O3. The normalized spacial score (nSPS) is 20.2. The third-order valence-corrected chi connectivity index (χ3v) is 1.79. The highest BCUT2D eigenvalue weighted by Gasteiger charge is 2.27. The molecule has 1 aliphatic heterocycles. The fourth-order valence-corrected chi connectivity index (χ4v) is 1.02. The van der Waals surface area contributed by atoms with E-state index in [1.807, 2.05) is 0 Å². The Bertz CT molecular complexity index is 344. The van der Waals surface area contributed by atoms with Gasteiger partial charge in [0.2, 0.25) is 5.82 Å². The molecule has 70 valence electrons. The second-order valence-electron chi connectivity index (χ2n) is 2.85. The summed E-state index contributed by atoms with van der Waals surface area (Å²) in [5, 5.41) is 14.0. The van der Waals surface area contributed by atoms with Crippen molar-refractivity contribution in [1.29, 1.82) is 0 Å². The molecule has 7 nitrogen and oxygen atoms in total. The van der Waals surface area contributed by atoms with Crippen LogP contribution in [0.5, 0.6) is 0 Å². The molecule has 1 fully saturated rings. The van der Waals surface area contributed by atoms with Gasteiger partial charge in [-0.15, -0.1) is 0 Å². The van der Waals surface area contributed by atoms with Gasteiger partial charge in [-0.3, -0.25) is 0 Å². The number of hydrogen-bond acceptors (Lipinski definition) is 5. The zero-order chi connectivity index (χ0) is 9.42. The molecule has 0 saturated carbocycles. The van der Waals surface area contributed by atoms with E-state index in [4.69, 9.17) is 4.74 Å². The Balaban J connectivity index is 2.18. The van der Waals surface area contributed by atoms with Crippen LogP contribution in [0.4, 0.5) is 5.95 Å². The molecule has 13 heavy (non-hydrogen) atoms. The van der Waals surface area contributed by atoms with Crippen molar-refractivity contribution in [3.63, 3.8) is 0 Å². The number of hydrogen-bond donors (Lipinski definition) is 0. The number of rotatable bonds is 3. The Hall–Kier alpha value is -1.50. The van der Waals surface area contributed by atoms with Gasteiger partial charge in [0.05, 0.1) is 13.2 Å². The summed E-state index contributed by atoms with van der Waals surface area (Å²) in [6, 6.07) is 0. The summed E-state index contributed by atoms with van der Waals surface area (Å²) in [5.41, 5.74) is 0. The number of ether oxygens (including phenoxy) is 1. The van der Waals surface area contributed by atoms with Crippen molar-refractivity contribution in [2.24, 2.45) is 0 Å². The maximum Gasteiger partial charge on any atom is 0.491 e. The molecule has 1 unspecified atom stereocenters. The van der Waals surface area contributed by atoms with Gasteiger partial charge in [0, 0.05) is 12.0 Å². The van der Waals surface area contributed by atoms with E-state index < -0.39 is 4.92 Å². The van der Waals surface area contributed by atoms with Gasteiger partial charge >= 0.3 is 5.95 Å². The fraction of sp³-hybridized carbons (Fsp3) is 0.667. The highest BCUT2D eigenvalue weighted by molar-refractivity contribution is 5.03. The number of aryl methyl sites for hydroxylation is 1. The molecule has 1 aliphatic rings. The van der Waals surface area contributed by atoms with E-state index in [-0.39, 0.29) is 12.1 Å². The van der Waals surface area contributed by atoms with Gasteiger partial charge in [-0.2, -0.15) is 4.68 Å². The zero-order valence-corrected chi connectivity index (χ0v) is 7.01. The maximum atomic E-state index is 10.3. The van der Waals surface area contributed by atoms with Gasteiger partial charge in [0.25, 0.3) is 0 Å². The van der Waals surface area contributed by atoms with Gasteiger partial charge in [0.1, 0.15) is 6.10 Å². The first-order chi connectivity index (χ1) is 6.16. The Morgan fingerprint density at radius 1 is 1.85 bits per heavy atom. The molecule has 1 saturated heterocycles. The quantitative estimate of drug-likeness (QED) is 0.371. The fourth-order valence-electron chi connectivity index (χ4n) is 1.02. The van der Waals surface area contributed by atoms with Crippen molar-refractivity contribution in [3.05, 3.63) is 15.9 Å². The average Bonchev–Trinajstić information content (AvgIpc) is 2.78. The summed E-state index contributed by atoms with van der Waals surface area (Å²) < 4.78 is 6.47. The molecule has 0 aromatic carbocycles. The van der Waals surface area contributed by atoms with Crippen molar-refractivity contribution in [3.8, 4) is 0 Å². The zero-order valence-electron chi connectivity index (χ0n) is 7.01. The molecule has 1 aromatic rings. The molecule has 2 heterocycles. The highest BCUT2D eigenvalue weighted by atomic mass is 16.6. The lowest BCUT2D eigenvalue weighted by atomic mass is 10.5. The minimum Gasteiger partial charge on any atom is -0.390 e. The number of epoxide rings is 1. The number of nitro groups is 1. The summed E-state index contributed by atoms with van der Waals surface area (Å²) in [4.78, 5) is 13.4. The molecule has 1 aromatic heterocycles. The molecule has 0 N–H and O–H groups in total. The second kappa shape index (κ2) is 2.77. The summed E-state index contributed by atoms with van der Waals surface area (Å²) >= 11 is 0. The minimum absolute atomic E-state index is 0.153. The largest absolute Gasteiger partial charge is 0.491 e. The van der Waals surface area contributed by atoms with E-state index in [1.54, 1.807) is 6.92 Å². The van der Waals surface area contributed by atoms with Crippen LogP contribution in [-0.2, 0) is 11.3 Å². The van der Waals surface area contributed by atoms with Crippen LogP contribution in [0, 0.1) is 17.0 Å². The summed E-state index contributed by atoms with van der Waals surface area (Å²) in [7, 11) is 0. The predicted octanol–water partition coefficient (Wildman–Crippen LogP) is -0.106. The summed E-state index contributed by atoms with van der Waals surface area (Å²) in [6.45, 7) is 2.93. The lowest BCUT2D eigenvalue weighted by molar-refractivity contribution is -0.394. The van der Waals surface area contributed by atoms with E-state index in [0.29, 0.717) is 19.0 Å². The van der Waals surface area contributed by atoms with E-state index >= 15 is 0 Å². The second-order valence-corrected chi connectivity index (χ2v) is 2.85. The van der Waals surface area contributed by atoms with E-state index in [0.717, 1.165) is 0 Å². The van der Waals surface area contributed by atoms with Gasteiger partial charge in [-0.05, 0) is 9.91 Å². The molecule has 0 spiro atoms. The SMILES string of the molecule is Cc1nc([N+](=O)[O-])nn1CC1CO1. The topological polar surface area (TPSA) is 86.4 Å². The van der Waals surface area contributed by atoms with Crippen molar-refractivity contribution in [2.75, 3.05) is 6.61 Å². The van der Waals surface area contributed by atoms with E-state index in [9.17, 15) is 10.1 Å². The molecule has 0 bridgehead atoms. The maximum absolute atomic E-state index is 10.3. The standard InChI is InChI=1S/C6H8N4O3/c1-4-7-6(10(11)12)8-9(4)2-5-3-13-5/h5H,2-3H2,1H3. The first-order valence-electron chi connectivity index (χ1n) is 3.84. The van der Waals surface area contributed by atoms with Crippen LogP contribution in [0.1, 0.15) is 5.82 Å². The van der Waals surface area contributed by atoms with Crippen molar-refractivity contribution in [2.45, 2.75) is 19.6 Å². The summed E-state index contributed by atoms with van der Waals surface area (Å²) in [6.07, 6.45) is 0.153. The Kier molecular flexibility index (Phi) is 1.73. The Morgan fingerprint density at radius 2 is 2.54 bits per heavy atom. The van der Waals surface area contributed by atoms with Gasteiger partial charge in [0.15, 0.2) is 0 Å². The smallest absolute Gasteiger partial charge is 0.390 e. The molecule has 2 rings (SSSR count). The molecular weight excluding hydrogens is 176 g/mol. The Labute approximate surface area is 73.5 Å². The third kappa shape index (κ3) is 1.64. The molecule has 1 atom stereocenters. The lowest BCUT2D eigenvalue weighted by Gasteiger charge is -1.91. The average molecular weight is 184 g/mol. The van der Waals surface area contributed by atoms with Gasteiger partial charge in [-0.1, -0.05) is 0 Å². The Morgan fingerprint density at radius 3 is 3.00 bits per heavy atom. The van der Waals surface area contributed by atoms with Crippen molar-refractivity contribution in [1.82, 2.24) is 14.8 Å². The van der Waals surface area contributed by atoms with Crippen LogP contribution in [0.2, 0.25) is 0 Å². The van der Waals surface area contributed by atoms with E-state index in [1.165, 1.54) is 4.68 Å². The third-order valence-electron chi connectivity index (χ3n) is 1.79. The number of aromatic nitrogens is 3. The monoisotopic (exact) mass is 184 g/mol. The van der Waals surface area contributed by atoms with Crippen LogP contribution in [0.15, 0.2) is 0 Å².